The third kappa shape index (κ3) is 5.65. The molecule has 0 bridgehead atoms. The van der Waals surface area contributed by atoms with E-state index in [-0.39, 0.29) is 12.1 Å². The summed E-state index contributed by atoms with van der Waals surface area (Å²) in [4.78, 5) is 12.1. The zero-order valence-corrected chi connectivity index (χ0v) is 26.5. The first-order valence-electron chi connectivity index (χ1n) is 16.6. The fourth-order valence-corrected chi connectivity index (χ4v) is 10.6. The van der Waals surface area contributed by atoms with Crippen LogP contribution in [0.4, 0.5) is 0 Å². The minimum absolute atomic E-state index is 0.0920. The number of esters is 1. The van der Waals surface area contributed by atoms with Crippen LogP contribution in [0, 0.1) is 52.3 Å². The summed E-state index contributed by atoms with van der Waals surface area (Å²) in [6.45, 7) is 14.2. The van der Waals surface area contributed by atoms with Crippen molar-refractivity contribution >= 4 is 12.0 Å². The highest BCUT2D eigenvalue weighted by Crippen LogP contribution is 2.69. The molecule has 5 rings (SSSR count). The highest BCUT2D eigenvalue weighted by Gasteiger charge is 2.61. The lowest BCUT2D eigenvalue weighted by atomic mass is 9.44. The highest BCUT2D eigenvalue weighted by molar-refractivity contribution is 5.67. The molecule has 4 fully saturated rings. The molecule has 0 N–H and O–H groups in total. The lowest BCUT2D eigenvalue weighted by molar-refractivity contribution is -0.153. The van der Waals surface area contributed by atoms with Crippen molar-refractivity contribution in [3.63, 3.8) is 0 Å². The molecule has 0 saturated heterocycles. The molecule has 4 saturated carbocycles. The number of rotatable bonds is 8. The Balaban J connectivity index is 1.36. The number of ether oxygens (including phenoxy) is 2. The van der Waals surface area contributed by atoms with Crippen molar-refractivity contribution in [3.05, 3.63) is 35.4 Å². The van der Waals surface area contributed by atoms with Crippen molar-refractivity contribution < 1.29 is 14.3 Å². The second-order valence-corrected chi connectivity index (χ2v) is 15.2. The van der Waals surface area contributed by atoms with Crippen LogP contribution in [0.15, 0.2) is 29.8 Å². The Hall–Kier alpha value is -1.77. The van der Waals surface area contributed by atoms with Gasteiger partial charge in [-0.1, -0.05) is 72.1 Å². The molecule has 0 spiro atoms. The molecule has 222 valence electrons. The van der Waals surface area contributed by atoms with Gasteiger partial charge in [0.1, 0.15) is 11.9 Å². The summed E-state index contributed by atoms with van der Waals surface area (Å²) < 4.78 is 11.4. The summed E-state index contributed by atoms with van der Waals surface area (Å²) in [5.74, 6) is 6.48. The maximum Gasteiger partial charge on any atom is 0.303 e. The van der Waals surface area contributed by atoms with Gasteiger partial charge in [0.2, 0.25) is 0 Å². The van der Waals surface area contributed by atoms with Crippen LogP contribution < -0.4 is 4.74 Å². The molecule has 3 heteroatoms. The standard InChI is InChI=1S/C37H56O3/c1-24(2)9-8-10-25(3)32-17-18-33-31-16-13-29-22-35(40-26(4)38)28(21-27-11-14-30(39-7)15-12-27)23-37(29,6)34(31)19-20-36(32,33)5/h11-12,14-15,21,24-25,29,31-35H,8-10,13,16-20,22-23H2,1-7H3/b28-21-/t25-,29+,31+,32-,33+,34+,35-,36-,37+/m1/s1. The predicted molar refractivity (Wildman–Crippen MR) is 165 cm³/mol. The molecule has 0 aliphatic heterocycles. The SMILES string of the molecule is COc1ccc(/C=C2/C[C@@]3(C)[C@@H](CC[C@@H]4[C@@H]3CC[C@]3(C)[C@@H]([C@H](C)CCCC(C)C)CC[C@@H]43)C[C@H]2OC(C)=O)cc1. The van der Waals surface area contributed by atoms with E-state index >= 15 is 0 Å². The molecule has 0 heterocycles. The van der Waals surface area contributed by atoms with E-state index in [2.05, 4.69) is 52.8 Å². The van der Waals surface area contributed by atoms with E-state index in [1.807, 2.05) is 12.1 Å². The Labute approximate surface area is 244 Å². The molecule has 3 nitrogen and oxygen atoms in total. The van der Waals surface area contributed by atoms with Crippen molar-refractivity contribution in [1.82, 2.24) is 0 Å². The zero-order valence-electron chi connectivity index (χ0n) is 26.5. The average molecular weight is 549 g/mol. The number of hydrogen-bond acceptors (Lipinski definition) is 3. The fourth-order valence-electron chi connectivity index (χ4n) is 10.6. The van der Waals surface area contributed by atoms with Gasteiger partial charge in [-0.05, 0) is 127 Å². The number of fused-ring (bicyclic) bond motifs is 5. The van der Waals surface area contributed by atoms with Crippen LogP contribution in [0.25, 0.3) is 6.08 Å². The van der Waals surface area contributed by atoms with Crippen molar-refractivity contribution in [2.75, 3.05) is 7.11 Å². The van der Waals surface area contributed by atoms with Crippen molar-refractivity contribution in [2.45, 2.75) is 118 Å². The Bertz CT molecular complexity index is 1060. The van der Waals surface area contributed by atoms with E-state index in [1.165, 1.54) is 68.9 Å². The first-order chi connectivity index (χ1) is 19.0. The average Bonchev–Trinajstić information content (AvgIpc) is 3.26. The predicted octanol–water partition coefficient (Wildman–Crippen LogP) is 9.74. The van der Waals surface area contributed by atoms with E-state index in [0.717, 1.165) is 54.1 Å². The van der Waals surface area contributed by atoms with Crippen molar-refractivity contribution in [1.29, 1.82) is 0 Å². The van der Waals surface area contributed by atoms with Crippen LogP contribution in [-0.4, -0.2) is 19.2 Å². The fraction of sp³-hybridized carbons (Fsp3) is 0.757. The third-order valence-electron chi connectivity index (χ3n) is 12.5. The monoisotopic (exact) mass is 548 g/mol. The Morgan fingerprint density at radius 1 is 0.975 bits per heavy atom. The molecule has 0 aromatic heterocycles. The molecule has 1 aromatic rings. The lowest BCUT2D eigenvalue weighted by Crippen LogP contribution is -2.54. The molecule has 4 aliphatic carbocycles. The Morgan fingerprint density at radius 2 is 1.70 bits per heavy atom. The lowest BCUT2D eigenvalue weighted by Gasteiger charge is -2.61. The minimum Gasteiger partial charge on any atom is -0.497 e. The first kappa shape index (κ1) is 29.7. The maximum absolute atomic E-state index is 12.1. The molecule has 40 heavy (non-hydrogen) atoms. The summed E-state index contributed by atoms with van der Waals surface area (Å²) in [6.07, 6.45) is 16.8. The summed E-state index contributed by atoms with van der Waals surface area (Å²) in [6, 6.07) is 8.31. The second-order valence-electron chi connectivity index (χ2n) is 15.2. The second kappa shape index (κ2) is 11.8. The van der Waals surface area contributed by atoms with Crippen LogP contribution in [-0.2, 0) is 9.53 Å². The molecule has 9 atom stereocenters. The Kier molecular flexibility index (Phi) is 8.80. The summed E-state index contributed by atoms with van der Waals surface area (Å²) in [5, 5.41) is 0. The minimum atomic E-state index is -0.157. The smallest absolute Gasteiger partial charge is 0.303 e. The molecule has 1 aromatic carbocycles. The summed E-state index contributed by atoms with van der Waals surface area (Å²) in [7, 11) is 1.71. The van der Waals surface area contributed by atoms with Gasteiger partial charge in [0.15, 0.2) is 0 Å². The zero-order chi connectivity index (χ0) is 28.7. The van der Waals surface area contributed by atoms with Crippen LogP contribution in [0.2, 0.25) is 0 Å². The topological polar surface area (TPSA) is 35.5 Å². The summed E-state index contributed by atoms with van der Waals surface area (Å²) >= 11 is 0. The van der Waals surface area contributed by atoms with E-state index in [9.17, 15) is 4.79 Å². The van der Waals surface area contributed by atoms with E-state index in [0.29, 0.717) is 16.7 Å². The highest BCUT2D eigenvalue weighted by atomic mass is 16.5. The number of hydrogen-bond donors (Lipinski definition) is 0. The van der Waals surface area contributed by atoms with Gasteiger partial charge in [0, 0.05) is 6.92 Å². The van der Waals surface area contributed by atoms with Gasteiger partial charge >= 0.3 is 5.97 Å². The first-order valence-corrected chi connectivity index (χ1v) is 16.6. The largest absolute Gasteiger partial charge is 0.497 e. The van der Waals surface area contributed by atoms with Crippen molar-refractivity contribution in [2.24, 2.45) is 52.3 Å². The van der Waals surface area contributed by atoms with Gasteiger partial charge in [-0.25, -0.2) is 0 Å². The van der Waals surface area contributed by atoms with E-state index in [4.69, 9.17) is 9.47 Å². The Morgan fingerprint density at radius 3 is 2.38 bits per heavy atom. The van der Waals surface area contributed by atoms with Gasteiger partial charge in [-0.3, -0.25) is 4.79 Å². The van der Waals surface area contributed by atoms with Crippen LogP contribution in [0.1, 0.15) is 118 Å². The quantitative estimate of drug-likeness (QED) is 0.303. The van der Waals surface area contributed by atoms with Gasteiger partial charge in [0.05, 0.1) is 7.11 Å². The molecule has 0 radical (unpaired) electrons. The van der Waals surface area contributed by atoms with Crippen LogP contribution in [0.3, 0.4) is 0 Å². The maximum atomic E-state index is 12.1. The number of carbonyl (C=O) groups excluding carboxylic acids is 1. The molecular weight excluding hydrogens is 492 g/mol. The molecular formula is C37H56O3. The molecule has 0 unspecified atom stereocenters. The van der Waals surface area contributed by atoms with Gasteiger partial charge < -0.3 is 9.47 Å². The van der Waals surface area contributed by atoms with Gasteiger partial charge in [-0.2, -0.15) is 0 Å². The summed E-state index contributed by atoms with van der Waals surface area (Å²) in [5.41, 5.74) is 3.30. The normalized spacial score (nSPS) is 38.9. The van der Waals surface area contributed by atoms with E-state index < -0.39 is 0 Å². The van der Waals surface area contributed by atoms with E-state index in [1.54, 1.807) is 14.0 Å². The van der Waals surface area contributed by atoms with Crippen LogP contribution >= 0.6 is 0 Å². The molecule has 4 aliphatic rings. The van der Waals surface area contributed by atoms with Gasteiger partial charge in [0.25, 0.3) is 0 Å². The number of benzene rings is 1. The van der Waals surface area contributed by atoms with Crippen LogP contribution in [0.5, 0.6) is 5.75 Å². The number of carbonyl (C=O) groups is 1. The third-order valence-corrected chi connectivity index (χ3v) is 12.5. The van der Waals surface area contributed by atoms with Gasteiger partial charge in [-0.15, -0.1) is 0 Å². The van der Waals surface area contributed by atoms with Crippen molar-refractivity contribution in [3.8, 4) is 5.75 Å². The molecule has 0 amide bonds. The number of methoxy groups -OCH3 is 1.